The van der Waals surface area contributed by atoms with Crippen molar-refractivity contribution in [3.05, 3.63) is 86.6 Å². The van der Waals surface area contributed by atoms with E-state index in [1.807, 2.05) is 31.2 Å². The Kier molecular flexibility index (Phi) is 6.73. The molecule has 0 unspecified atom stereocenters. The van der Waals surface area contributed by atoms with Crippen molar-refractivity contribution in [2.45, 2.75) is 33.1 Å². The van der Waals surface area contributed by atoms with Crippen molar-refractivity contribution in [3.8, 4) is 5.69 Å². The average Bonchev–Trinajstić information content (AvgIpc) is 2.77. The van der Waals surface area contributed by atoms with Crippen LogP contribution in [-0.4, -0.2) is 35.9 Å². The molecule has 0 radical (unpaired) electrons. The normalized spacial score (nSPS) is 14.1. The number of hydrogen-bond acceptors (Lipinski definition) is 4. The van der Waals surface area contributed by atoms with Crippen LogP contribution in [0.25, 0.3) is 5.69 Å². The first kappa shape index (κ1) is 21.6. The summed E-state index contributed by atoms with van der Waals surface area (Å²) in [6, 6.07) is 15.7. The van der Waals surface area contributed by atoms with E-state index in [1.165, 1.54) is 11.3 Å². The first-order valence-corrected chi connectivity index (χ1v) is 11.2. The third-order valence-electron chi connectivity index (χ3n) is 5.70. The molecule has 3 aromatic rings. The van der Waals surface area contributed by atoms with Gasteiger partial charge in [-0.25, -0.2) is 4.98 Å². The van der Waals surface area contributed by atoms with Gasteiger partial charge in [0.2, 0.25) is 0 Å². The number of anilines is 1. The molecular formula is C25H28ClN3O2. The smallest absolute Gasteiger partial charge is 0.258 e. The Bertz CT molecular complexity index is 1120. The number of nitrogens with zero attached hydrogens (tertiary/aromatic N) is 3. The molecule has 1 aliphatic rings. The van der Waals surface area contributed by atoms with E-state index in [1.54, 1.807) is 10.6 Å². The highest BCUT2D eigenvalue weighted by molar-refractivity contribution is 6.30. The first-order valence-electron chi connectivity index (χ1n) is 10.8. The van der Waals surface area contributed by atoms with Crippen molar-refractivity contribution in [2.24, 2.45) is 0 Å². The maximum Gasteiger partial charge on any atom is 0.258 e. The van der Waals surface area contributed by atoms with Gasteiger partial charge in [0.15, 0.2) is 0 Å². The number of hydrogen-bond donors (Lipinski definition) is 0. The Morgan fingerprint density at radius 2 is 1.87 bits per heavy atom. The summed E-state index contributed by atoms with van der Waals surface area (Å²) in [4.78, 5) is 20.1. The predicted molar refractivity (Wildman–Crippen MR) is 126 cm³/mol. The molecule has 1 fully saturated rings. The molecule has 1 aromatic heterocycles. The molecule has 162 valence electrons. The number of aryl methyl sites for hydroxylation is 4. The predicted octanol–water partition coefficient (Wildman–Crippen LogP) is 4.38. The third kappa shape index (κ3) is 5.00. The fourth-order valence-corrected chi connectivity index (χ4v) is 4.37. The summed E-state index contributed by atoms with van der Waals surface area (Å²) in [5.41, 5.74) is 5.15. The highest BCUT2D eigenvalue weighted by Gasteiger charge is 2.16. The monoisotopic (exact) mass is 437 g/mol. The van der Waals surface area contributed by atoms with Crippen LogP contribution in [0.4, 0.5) is 5.69 Å². The van der Waals surface area contributed by atoms with E-state index in [4.69, 9.17) is 21.3 Å². The number of ether oxygens (including phenoxy) is 1. The lowest BCUT2D eigenvalue weighted by atomic mass is 10.1. The highest BCUT2D eigenvalue weighted by atomic mass is 35.5. The van der Waals surface area contributed by atoms with Gasteiger partial charge in [-0.1, -0.05) is 30.7 Å². The topological polar surface area (TPSA) is 47.4 Å². The summed E-state index contributed by atoms with van der Waals surface area (Å²) >= 11 is 6.13. The molecular weight excluding hydrogens is 410 g/mol. The van der Waals surface area contributed by atoms with Crippen LogP contribution in [0.2, 0.25) is 5.02 Å². The molecule has 4 rings (SSSR count). The zero-order valence-electron chi connectivity index (χ0n) is 18.1. The molecule has 0 bridgehead atoms. The molecule has 31 heavy (non-hydrogen) atoms. The lowest BCUT2D eigenvalue weighted by Gasteiger charge is -2.31. The van der Waals surface area contributed by atoms with Crippen LogP contribution in [0.5, 0.6) is 0 Å². The molecule has 0 spiro atoms. The Labute approximate surface area is 188 Å². The largest absolute Gasteiger partial charge is 0.378 e. The van der Waals surface area contributed by atoms with Crippen molar-refractivity contribution >= 4 is 17.3 Å². The van der Waals surface area contributed by atoms with Crippen LogP contribution in [-0.2, 0) is 24.0 Å². The van der Waals surface area contributed by atoms with Crippen molar-refractivity contribution in [3.63, 3.8) is 0 Å². The summed E-state index contributed by atoms with van der Waals surface area (Å²) in [6.45, 7) is 7.30. The molecule has 1 aliphatic heterocycles. The highest BCUT2D eigenvalue weighted by Crippen LogP contribution is 2.25. The van der Waals surface area contributed by atoms with Crippen molar-refractivity contribution in [2.75, 3.05) is 31.2 Å². The van der Waals surface area contributed by atoms with Crippen molar-refractivity contribution in [1.29, 1.82) is 0 Å². The minimum Gasteiger partial charge on any atom is -0.378 e. The second kappa shape index (κ2) is 9.67. The fraction of sp³-hybridized carbons (Fsp3) is 0.360. The van der Waals surface area contributed by atoms with Crippen LogP contribution in [0, 0.1) is 6.92 Å². The zero-order valence-corrected chi connectivity index (χ0v) is 18.9. The van der Waals surface area contributed by atoms with E-state index in [-0.39, 0.29) is 5.56 Å². The number of halogens is 1. The Hall–Kier alpha value is -2.63. The van der Waals surface area contributed by atoms with E-state index >= 15 is 0 Å². The second-order valence-corrected chi connectivity index (χ2v) is 8.32. The van der Waals surface area contributed by atoms with Gasteiger partial charge < -0.3 is 9.64 Å². The standard InChI is InChI=1S/C25H28ClN3O2/c1-3-20-17-22(8-9-23(20)28-11-13-31-14-12-28)29-24(27-18(2)15-25(29)30)10-7-19-5-4-6-21(26)16-19/h4-6,8-9,15-17H,3,7,10-14H2,1-2H3. The lowest BCUT2D eigenvalue weighted by Crippen LogP contribution is -2.36. The van der Waals surface area contributed by atoms with Crippen molar-refractivity contribution < 1.29 is 4.74 Å². The van der Waals surface area contributed by atoms with Gasteiger partial charge in [-0.3, -0.25) is 9.36 Å². The van der Waals surface area contributed by atoms with E-state index < -0.39 is 0 Å². The molecule has 2 aromatic carbocycles. The van der Waals surface area contributed by atoms with Gasteiger partial charge in [-0.15, -0.1) is 0 Å². The minimum atomic E-state index is -0.0465. The SMILES string of the molecule is CCc1cc(-n2c(CCc3cccc(Cl)c3)nc(C)cc2=O)ccc1N1CCOCC1. The lowest BCUT2D eigenvalue weighted by molar-refractivity contribution is 0.122. The zero-order chi connectivity index (χ0) is 21.8. The van der Waals surface area contributed by atoms with Gasteiger partial charge >= 0.3 is 0 Å². The van der Waals surface area contributed by atoms with Gasteiger partial charge in [-0.2, -0.15) is 0 Å². The Balaban J connectivity index is 1.69. The molecule has 0 amide bonds. The molecule has 2 heterocycles. The molecule has 0 atom stereocenters. The number of benzene rings is 2. The Morgan fingerprint density at radius 1 is 1.06 bits per heavy atom. The van der Waals surface area contributed by atoms with E-state index in [2.05, 4.69) is 30.0 Å². The summed E-state index contributed by atoms with van der Waals surface area (Å²) in [5, 5.41) is 0.721. The number of morpholine rings is 1. The molecule has 5 nitrogen and oxygen atoms in total. The quantitative estimate of drug-likeness (QED) is 0.574. The summed E-state index contributed by atoms with van der Waals surface area (Å²) in [5.74, 6) is 0.770. The van der Waals surface area contributed by atoms with E-state index in [0.717, 1.165) is 66.9 Å². The number of aromatic nitrogens is 2. The fourth-order valence-electron chi connectivity index (χ4n) is 4.16. The molecule has 6 heteroatoms. The molecule has 0 N–H and O–H groups in total. The summed E-state index contributed by atoms with van der Waals surface area (Å²) in [7, 11) is 0. The van der Waals surface area contributed by atoms with E-state index in [0.29, 0.717) is 6.42 Å². The van der Waals surface area contributed by atoms with Gasteiger partial charge in [0.1, 0.15) is 5.82 Å². The van der Waals surface area contributed by atoms with Crippen molar-refractivity contribution in [1.82, 2.24) is 9.55 Å². The first-order chi connectivity index (χ1) is 15.0. The maximum absolute atomic E-state index is 13.0. The molecule has 1 saturated heterocycles. The van der Waals surface area contributed by atoms with Crippen LogP contribution < -0.4 is 10.5 Å². The summed E-state index contributed by atoms with van der Waals surface area (Å²) < 4.78 is 7.25. The van der Waals surface area contributed by atoms with E-state index in [9.17, 15) is 4.79 Å². The van der Waals surface area contributed by atoms with Gasteiger partial charge in [0, 0.05) is 42.0 Å². The van der Waals surface area contributed by atoms with Crippen LogP contribution in [0.15, 0.2) is 53.3 Å². The number of rotatable bonds is 6. The molecule has 0 aliphatic carbocycles. The second-order valence-electron chi connectivity index (χ2n) is 7.88. The maximum atomic E-state index is 13.0. The summed E-state index contributed by atoms with van der Waals surface area (Å²) in [6.07, 6.45) is 2.32. The average molecular weight is 438 g/mol. The van der Waals surface area contributed by atoms with Gasteiger partial charge in [0.05, 0.1) is 18.9 Å². The Morgan fingerprint density at radius 3 is 2.61 bits per heavy atom. The van der Waals surface area contributed by atoms with Gasteiger partial charge in [0.25, 0.3) is 5.56 Å². The minimum absolute atomic E-state index is 0.0465. The molecule has 0 saturated carbocycles. The van der Waals surface area contributed by atoms with Gasteiger partial charge in [-0.05, 0) is 61.2 Å². The van der Waals surface area contributed by atoms with Crippen LogP contribution in [0.1, 0.15) is 29.6 Å². The van der Waals surface area contributed by atoms with Crippen LogP contribution in [0.3, 0.4) is 0 Å². The third-order valence-corrected chi connectivity index (χ3v) is 5.93. The van der Waals surface area contributed by atoms with Crippen LogP contribution >= 0.6 is 11.6 Å².